The van der Waals surface area contributed by atoms with Crippen LogP contribution in [0, 0.1) is 5.82 Å². The van der Waals surface area contributed by atoms with Gasteiger partial charge in [-0.1, -0.05) is 18.5 Å². The first-order chi connectivity index (χ1) is 9.10. The summed E-state index contributed by atoms with van der Waals surface area (Å²) in [6.45, 7) is 2.86. The first-order valence-corrected chi connectivity index (χ1v) is 6.63. The molecule has 0 radical (unpaired) electrons. The highest BCUT2D eigenvalue weighted by Crippen LogP contribution is 2.24. The molecule has 0 aliphatic heterocycles. The minimum Gasteiger partial charge on any atom is -0.310 e. The number of rotatable bonds is 5. The molecule has 0 aliphatic rings. The van der Waals surface area contributed by atoms with Gasteiger partial charge in [-0.05, 0) is 36.7 Å². The fraction of sp³-hybridized carbons (Fsp3) is 0.357. The predicted molar refractivity (Wildman–Crippen MR) is 74.7 cm³/mol. The lowest BCUT2D eigenvalue weighted by atomic mass is 10.0. The number of nitrogens with one attached hydrogen (secondary N) is 1. The summed E-state index contributed by atoms with van der Waals surface area (Å²) in [4.78, 5) is 0. The molecule has 5 heteroatoms. The fourth-order valence-electron chi connectivity index (χ4n) is 2.09. The molecule has 102 valence electrons. The highest BCUT2D eigenvalue weighted by molar-refractivity contribution is 6.31. The van der Waals surface area contributed by atoms with Crippen LogP contribution in [0.3, 0.4) is 0 Å². The van der Waals surface area contributed by atoms with Gasteiger partial charge in [-0.25, -0.2) is 4.39 Å². The van der Waals surface area contributed by atoms with Crippen molar-refractivity contribution in [3.63, 3.8) is 0 Å². The van der Waals surface area contributed by atoms with Gasteiger partial charge < -0.3 is 5.32 Å². The Hall–Kier alpha value is -1.39. The fourth-order valence-corrected chi connectivity index (χ4v) is 2.29. The summed E-state index contributed by atoms with van der Waals surface area (Å²) in [5.41, 5.74) is 1.88. The molecule has 0 aliphatic carbocycles. The molecule has 1 N–H and O–H groups in total. The Bertz CT molecular complexity index is 553. The van der Waals surface area contributed by atoms with Crippen LogP contribution in [0.2, 0.25) is 5.02 Å². The SMILES string of the molecule is CCNC(Cc1cc(F)ccc1Cl)c1cnn(C)c1. The maximum absolute atomic E-state index is 13.3. The molecule has 0 amide bonds. The van der Waals surface area contributed by atoms with E-state index in [1.54, 1.807) is 10.7 Å². The topological polar surface area (TPSA) is 29.9 Å². The average Bonchev–Trinajstić information content (AvgIpc) is 2.80. The Morgan fingerprint density at radius 2 is 2.26 bits per heavy atom. The first-order valence-electron chi connectivity index (χ1n) is 6.26. The maximum Gasteiger partial charge on any atom is 0.123 e. The summed E-state index contributed by atoms with van der Waals surface area (Å²) in [7, 11) is 1.88. The summed E-state index contributed by atoms with van der Waals surface area (Å²) in [6.07, 6.45) is 4.41. The van der Waals surface area contributed by atoms with E-state index in [0.29, 0.717) is 11.4 Å². The second kappa shape index (κ2) is 6.17. The molecule has 1 aromatic carbocycles. The van der Waals surface area contributed by atoms with E-state index in [-0.39, 0.29) is 11.9 Å². The molecule has 19 heavy (non-hydrogen) atoms. The van der Waals surface area contributed by atoms with Gasteiger partial charge in [0.2, 0.25) is 0 Å². The zero-order valence-corrected chi connectivity index (χ0v) is 11.8. The molecule has 1 aromatic heterocycles. The third-order valence-electron chi connectivity index (χ3n) is 3.01. The molecule has 3 nitrogen and oxygen atoms in total. The number of hydrogen-bond acceptors (Lipinski definition) is 2. The number of aryl methyl sites for hydroxylation is 1. The zero-order valence-electron chi connectivity index (χ0n) is 11.0. The minimum absolute atomic E-state index is 0.0815. The van der Waals surface area contributed by atoms with Crippen LogP contribution in [0.5, 0.6) is 0 Å². The van der Waals surface area contributed by atoms with Gasteiger partial charge in [0.25, 0.3) is 0 Å². The molecule has 2 aromatic rings. The second-order valence-electron chi connectivity index (χ2n) is 4.50. The van der Waals surface area contributed by atoms with Crippen LogP contribution in [0.15, 0.2) is 30.6 Å². The maximum atomic E-state index is 13.3. The predicted octanol–water partition coefficient (Wildman–Crippen LogP) is 3.11. The van der Waals surface area contributed by atoms with Gasteiger partial charge in [0.15, 0.2) is 0 Å². The van der Waals surface area contributed by atoms with Crippen molar-refractivity contribution in [2.24, 2.45) is 7.05 Å². The van der Waals surface area contributed by atoms with Crippen molar-refractivity contribution in [3.8, 4) is 0 Å². The van der Waals surface area contributed by atoms with E-state index in [0.717, 1.165) is 17.7 Å². The van der Waals surface area contributed by atoms with Crippen LogP contribution >= 0.6 is 11.6 Å². The van der Waals surface area contributed by atoms with Gasteiger partial charge in [0.05, 0.1) is 6.20 Å². The third-order valence-corrected chi connectivity index (χ3v) is 3.38. The number of hydrogen-bond donors (Lipinski definition) is 1. The van der Waals surface area contributed by atoms with Gasteiger partial charge in [-0.3, -0.25) is 4.68 Å². The molecule has 1 unspecified atom stereocenters. The molecular weight excluding hydrogens is 265 g/mol. The van der Waals surface area contributed by atoms with E-state index in [1.807, 2.05) is 26.4 Å². The highest BCUT2D eigenvalue weighted by atomic mass is 35.5. The molecule has 0 saturated carbocycles. The Balaban J connectivity index is 2.23. The standard InChI is InChI=1S/C14H17ClFN3/c1-3-17-14(11-8-18-19(2)9-11)7-10-6-12(16)4-5-13(10)15/h4-6,8-9,14,17H,3,7H2,1-2H3. The van der Waals surface area contributed by atoms with Crippen molar-refractivity contribution in [3.05, 3.63) is 52.6 Å². The largest absolute Gasteiger partial charge is 0.310 e. The van der Waals surface area contributed by atoms with Crippen molar-refractivity contribution < 1.29 is 4.39 Å². The molecule has 0 saturated heterocycles. The van der Waals surface area contributed by atoms with E-state index >= 15 is 0 Å². The van der Waals surface area contributed by atoms with Crippen molar-refractivity contribution >= 4 is 11.6 Å². The Labute approximate surface area is 117 Å². The average molecular weight is 282 g/mol. The lowest BCUT2D eigenvalue weighted by molar-refractivity contribution is 0.546. The number of likely N-dealkylation sites (N-methyl/N-ethyl adjacent to an activating group) is 1. The van der Waals surface area contributed by atoms with Crippen molar-refractivity contribution in [1.29, 1.82) is 0 Å². The van der Waals surface area contributed by atoms with Crippen LogP contribution in [-0.2, 0) is 13.5 Å². The smallest absolute Gasteiger partial charge is 0.123 e. The number of aromatic nitrogens is 2. The van der Waals surface area contributed by atoms with Gasteiger partial charge >= 0.3 is 0 Å². The zero-order chi connectivity index (χ0) is 13.8. The Morgan fingerprint density at radius 3 is 2.89 bits per heavy atom. The molecular formula is C14H17ClFN3. The van der Waals surface area contributed by atoms with Crippen molar-refractivity contribution in [2.75, 3.05) is 6.54 Å². The van der Waals surface area contributed by atoms with E-state index in [1.165, 1.54) is 12.1 Å². The van der Waals surface area contributed by atoms with Crippen molar-refractivity contribution in [2.45, 2.75) is 19.4 Å². The lowest BCUT2D eigenvalue weighted by Crippen LogP contribution is -2.22. The van der Waals surface area contributed by atoms with Crippen LogP contribution < -0.4 is 5.32 Å². The molecule has 0 fully saturated rings. The number of nitrogens with zero attached hydrogens (tertiary/aromatic N) is 2. The van der Waals surface area contributed by atoms with E-state index in [4.69, 9.17) is 11.6 Å². The molecule has 2 rings (SSSR count). The molecule has 1 heterocycles. The monoisotopic (exact) mass is 281 g/mol. The van der Waals surface area contributed by atoms with E-state index in [2.05, 4.69) is 10.4 Å². The minimum atomic E-state index is -0.263. The van der Waals surface area contributed by atoms with Gasteiger partial charge in [0, 0.05) is 29.9 Å². The van der Waals surface area contributed by atoms with Crippen LogP contribution in [0.1, 0.15) is 24.1 Å². The molecule has 1 atom stereocenters. The second-order valence-corrected chi connectivity index (χ2v) is 4.90. The van der Waals surface area contributed by atoms with Crippen LogP contribution in [-0.4, -0.2) is 16.3 Å². The number of benzene rings is 1. The Kier molecular flexibility index (Phi) is 4.56. The van der Waals surface area contributed by atoms with Gasteiger partial charge in [-0.2, -0.15) is 5.10 Å². The molecule has 0 bridgehead atoms. The number of halogens is 2. The molecule has 0 spiro atoms. The third kappa shape index (κ3) is 3.55. The summed E-state index contributed by atoms with van der Waals surface area (Å²) >= 11 is 6.12. The quantitative estimate of drug-likeness (QED) is 0.913. The van der Waals surface area contributed by atoms with Crippen LogP contribution in [0.25, 0.3) is 0 Å². The van der Waals surface area contributed by atoms with Crippen molar-refractivity contribution in [1.82, 2.24) is 15.1 Å². The van der Waals surface area contributed by atoms with Gasteiger partial charge in [-0.15, -0.1) is 0 Å². The lowest BCUT2D eigenvalue weighted by Gasteiger charge is -2.17. The Morgan fingerprint density at radius 1 is 1.47 bits per heavy atom. The summed E-state index contributed by atoms with van der Waals surface area (Å²) < 4.78 is 15.1. The van der Waals surface area contributed by atoms with Crippen LogP contribution in [0.4, 0.5) is 4.39 Å². The summed E-state index contributed by atoms with van der Waals surface area (Å²) in [6, 6.07) is 4.54. The first kappa shape index (κ1) is 14.0. The summed E-state index contributed by atoms with van der Waals surface area (Å²) in [5.74, 6) is -0.263. The normalized spacial score (nSPS) is 12.6. The summed E-state index contributed by atoms with van der Waals surface area (Å²) in [5, 5.41) is 8.13. The highest BCUT2D eigenvalue weighted by Gasteiger charge is 2.15. The van der Waals surface area contributed by atoms with Gasteiger partial charge in [0.1, 0.15) is 5.82 Å². The van der Waals surface area contributed by atoms with E-state index in [9.17, 15) is 4.39 Å². The van der Waals surface area contributed by atoms with E-state index < -0.39 is 0 Å².